The highest BCUT2D eigenvalue weighted by molar-refractivity contribution is 7.99. The topological polar surface area (TPSA) is 12.0 Å². The molecule has 0 radical (unpaired) electrons. The zero-order valence-corrected chi connectivity index (χ0v) is 13.6. The second-order valence-electron chi connectivity index (χ2n) is 5.15. The summed E-state index contributed by atoms with van der Waals surface area (Å²) in [6.07, 6.45) is 6.60. The van der Waals surface area contributed by atoms with Crippen LogP contribution in [0.1, 0.15) is 64.5 Å². The van der Waals surface area contributed by atoms with Crippen LogP contribution in [-0.4, -0.2) is 12.3 Å². The molecular formula is C17H29NS. The molecule has 1 N–H and O–H groups in total. The Hall–Kier alpha value is -0.470. The van der Waals surface area contributed by atoms with Crippen molar-refractivity contribution in [3.63, 3.8) is 0 Å². The monoisotopic (exact) mass is 279 g/mol. The number of benzene rings is 1. The highest BCUT2D eigenvalue weighted by atomic mass is 32.2. The van der Waals surface area contributed by atoms with Gasteiger partial charge >= 0.3 is 0 Å². The Morgan fingerprint density at radius 3 is 2.37 bits per heavy atom. The van der Waals surface area contributed by atoms with Gasteiger partial charge in [0.05, 0.1) is 0 Å². The zero-order chi connectivity index (χ0) is 13.9. The third kappa shape index (κ3) is 7.03. The maximum Gasteiger partial charge on any atom is 0.0291 e. The zero-order valence-electron chi connectivity index (χ0n) is 12.7. The van der Waals surface area contributed by atoms with Crippen molar-refractivity contribution in [2.24, 2.45) is 0 Å². The highest BCUT2D eigenvalue weighted by Gasteiger charge is 2.03. The first-order chi connectivity index (χ1) is 9.27. The molecular weight excluding hydrogens is 250 g/mol. The van der Waals surface area contributed by atoms with Crippen molar-refractivity contribution in [2.45, 2.75) is 63.8 Å². The van der Waals surface area contributed by atoms with Crippen LogP contribution in [-0.2, 0) is 0 Å². The molecule has 0 aliphatic carbocycles. The lowest BCUT2D eigenvalue weighted by Gasteiger charge is -2.14. The number of hydrogen-bond donors (Lipinski definition) is 1. The fraction of sp³-hybridized carbons (Fsp3) is 0.647. The molecule has 1 aromatic rings. The lowest BCUT2D eigenvalue weighted by Crippen LogP contribution is -2.19. The molecule has 0 saturated carbocycles. The maximum atomic E-state index is 3.53. The average Bonchev–Trinajstić information content (AvgIpc) is 2.45. The van der Waals surface area contributed by atoms with Crippen LogP contribution in [0, 0.1) is 0 Å². The molecule has 0 aromatic heterocycles. The Kier molecular flexibility index (Phi) is 9.02. The number of thioether (sulfide) groups is 1. The molecule has 1 aromatic carbocycles. The molecule has 0 fully saturated rings. The quantitative estimate of drug-likeness (QED) is 0.453. The molecule has 1 rings (SSSR count). The number of unbranched alkanes of at least 4 members (excludes halogenated alkanes) is 3. The third-order valence-electron chi connectivity index (χ3n) is 3.35. The van der Waals surface area contributed by atoms with Gasteiger partial charge in [-0.05, 0) is 49.8 Å². The minimum Gasteiger partial charge on any atom is -0.310 e. The van der Waals surface area contributed by atoms with E-state index in [0.717, 1.165) is 6.54 Å². The first-order valence-electron chi connectivity index (χ1n) is 7.74. The summed E-state index contributed by atoms with van der Waals surface area (Å²) in [5.41, 5.74) is 1.39. The van der Waals surface area contributed by atoms with E-state index < -0.39 is 0 Å². The number of rotatable bonds is 10. The molecule has 0 amide bonds. The van der Waals surface area contributed by atoms with E-state index in [-0.39, 0.29) is 0 Å². The van der Waals surface area contributed by atoms with Crippen molar-refractivity contribution in [1.29, 1.82) is 0 Å². The first-order valence-corrected chi connectivity index (χ1v) is 8.72. The van der Waals surface area contributed by atoms with Gasteiger partial charge in [0.1, 0.15) is 0 Å². The largest absolute Gasteiger partial charge is 0.310 e. The van der Waals surface area contributed by atoms with Gasteiger partial charge in [0.25, 0.3) is 0 Å². The van der Waals surface area contributed by atoms with E-state index >= 15 is 0 Å². The lowest BCUT2D eigenvalue weighted by molar-refractivity contribution is 0.570. The molecule has 2 heteroatoms. The molecule has 0 saturated heterocycles. The maximum absolute atomic E-state index is 3.53. The summed E-state index contributed by atoms with van der Waals surface area (Å²) in [5.74, 6) is 1.25. The highest BCUT2D eigenvalue weighted by Crippen LogP contribution is 2.22. The van der Waals surface area contributed by atoms with Gasteiger partial charge in [-0.1, -0.05) is 45.2 Å². The standard InChI is InChI=1S/C17H29NS/c1-4-6-7-8-14-19-17-11-9-16(10-12-17)15(3)18-13-5-2/h9-12,15,18H,4-8,13-14H2,1-3H3. The van der Waals surface area contributed by atoms with Gasteiger partial charge in [-0.3, -0.25) is 0 Å². The van der Waals surface area contributed by atoms with Gasteiger partial charge in [0.2, 0.25) is 0 Å². The SMILES string of the molecule is CCCCCCSc1ccc(C(C)NCCC)cc1. The van der Waals surface area contributed by atoms with Crippen molar-refractivity contribution in [2.75, 3.05) is 12.3 Å². The predicted octanol–water partition coefficient (Wildman–Crippen LogP) is 5.42. The second-order valence-corrected chi connectivity index (χ2v) is 6.32. The van der Waals surface area contributed by atoms with Crippen LogP contribution in [0.15, 0.2) is 29.2 Å². The Balaban J connectivity index is 2.30. The van der Waals surface area contributed by atoms with Crippen molar-refractivity contribution in [1.82, 2.24) is 5.32 Å². The predicted molar refractivity (Wildman–Crippen MR) is 88.0 cm³/mol. The molecule has 108 valence electrons. The molecule has 0 aliphatic heterocycles. The normalized spacial score (nSPS) is 12.6. The number of nitrogens with one attached hydrogen (secondary N) is 1. The van der Waals surface area contributed by atoms with Crippen LogP contribution in [0.5, 0.6) is 0 Å². The summed E-state index contributed by atoms with van der Waals surface area (Å²) in [6.45, 7) is 7.80. The van der Waals surface area contributed by atoms with Gasteiger partial charge in [0, 0.05) is 10.9 Å². The summed E-state index contributed by atoms with van der Waals surface area (Å²) in [5, 5.41) is 3.53. The molecule has 1 unspecified atom stereocenters. The summed E-state index contributed by atoms with van der Waals surface area (Å²) >= 11 is 1.99. The fourth-order valence-electron chi connectivity index (χ4n) is 2.05. The van der Waals surface area contributed by atoms with E-state index in [1.807, 2.05) is 11.8 Å². The molecule has 1 nitrogen and oxygen atoms in total. The minimum absolute atomic E-state index is 0.462. The van der Waals surface area contributed by atoms with Crippen molar-refractivity contribution in [3.05, 3.63) is 29.8 Å². The Morgan fingerprint density at radius 1 is 1.00 bits per heavy atom. The van der Waals surface area contributed by atoms with Crippen LogP contribution >= 0.6 is 11.8 Å². The Labute approximate surface area is 123 Å². The van der Waals surface area contributed by atoms with E-state index in [2.05, 4.69) is 50.4 Å². The van der Waals surface area contributed by atoms with E-state index in [9.17, 15) is 0 Å². The van der Waals surface area contributed by atoms with Crippen LogP contribution in [0.4, 0.5) is 0 Å². The molecule has 0 spiro atoms. The van der Waals surface area contributed by atoms with E-state index in [0.29, 0.717) is 6.04 Å². The first kappa shape index (κ1) is 16.6. The van der Waals surface area contributed by atoms with Crippen LogP contribution in [0.25, 0.3) is 0 Å². The van der Waals surface area contributed by atoms with E-state index in [1.165, 1.54) is 48.3 Å². The van der Waals surface area contributed by atoms with Gasteiger partial charge in [-0.2, -0.15) is 0 Å². The second kappa shape index (κ2) is 10.3. The molecule has 1 atom stereocenters. The van der Waals surface area contributed by atoms with Gasteiger partial charge in [-0.15, -0.1) is 11.8 Å². The van der Waals surface area contributed by atoms with E-state index in [1.54, 1.807) is 0 Å². The summed E-state index contributed by atoms with van der Waals surface area (Å²) in [7, 11) is 0. The average molecular weight is 279 g/mol. The van der Waals surface area contributed by atoms with Gasteiger partial charge < -0.3 is 5.32 Å². The van der Waals surface area contributed by atoms with Crippen molar-refractivity contribution in [3.8, 4) is 0 Å². The summed E-state index contributed by atoms with van der Waals surface area (Å²) < 4.78 is 0. The molecule has 0 heterocycles. The fourth-order valence-corrected chi connectivity index (χ4v) is 2.96. The third-order valence-corrected chi connectivity index (χ3v) is 4.45. The van der Waals surface area contributed by atoms with Crippen molar-refractivity contribution >= 4 is 11.8 Å². The Morgan fingerprint density at radius 2 is 1.74 bits per heavy atom. The molecule has 0 aliphatic rings. The van der Waals surface area contributed by atoms with E-state index in [4.69, 9.17) is 0 Å². The Bertz CT molecular complexity index is 321. The van der Waals surface area contributed by atoms with Crippen LogP contribution in [0.2, 0.25) is 0 Å². The molecule has 0 bridgehead atoms. The molecule has 19 heavy (non-hydrogen) atoms. The van der Waals surface area contributed by atoms with Crippen LogP contribution in [0.3, 0.4) is 0 Å². The summed E-state index contributed by atoms with van der Waals surface area (Å²) in [6, 6.07) is 9.53. The van der Waals surface area contributed by atoms with Crippen molar-refractivity contribution < 1.29 is 0 Å². The lowest BCUT2D eigenvalue weighted by atomic mass is 10.1. The number of hydrogen-bond acceptors (Lipinski definition) is 2. The van der Waals surface area contributed by atoms with Crippen LogP contribution < -0.4 is 5.32 Å². The summed E-state index contributed by atoms with van der Waals surface area (Å²) in [4.78, 5) is 1.41. The van der Waals surface area contributed by atoms with Gasteiger partial charge in [0.15, 0.2) is 0 Å². The minimum atomic E-state index is 0.462. The smallest absolute Gasteiger partial charge is 0.0291 e. The van der Waals surface area contributed by atoms with Gasteiger partial charge in [-0.25, -0.2) is 0 Å².